The third kappa shape index (κ3) is 4.01. The number of hydrogen-bond donors (Lipinski definition) is 1. The standard InChI is InChI=1S/C17H24N2S/c1-3-10-19-17(2,13-18)9-11-20-16-8-7-14-5-4-6-15(14)12-16/h7-8,12,19H,3-6,9-11H2,1-2H3. The molecule has 0 heterocycles. The monoisotopic (exact) mass is 288 g/mol. The van der Waals surface area contributed by atoms with Gasteiger partial charge in [-0.2, -0.15) is 5.26 Å². The van der Waals surface area contributed by atoms with Crippen molar-refractivity contribution in [2.75, 3.05) is 12.3 Å². The van der Waals surface area contributed by atoms with E-state index >= 15 is 0 Å². The van der Waals surface area contributed by atoms with Gasteiger partial charge in [0.05, 0.1) is 6.07 Å². The lowest BCUT2D eigenvalue weighted by molar-refractivity contribution is 0.437. The average molecular weight is 288 g/mol. The Hall–Kier alpha value is -0.980. The van der Waals surface area contributed by atoms with E-state index in [0.717, 1.165) is 25.1 Å². The second-order valence-electron chi connectivity index (χ2n) is 5.75. The molecule has 1 aromatic rings. The van der Waals surface area contributed by atoms with Crippen LogP contribution in [0.5, 0.6) is 0 Å². The molecule has 1 unspecified atom stereocenters. The number of fused-ring (bicyclic) bond motifs is 1. The molecule has 1 aromatic carbocycles. The summed E-state index contributed by atoms with van der Waals surface area (Å²) in [7, 11) is 0. The Bertz CT molecular complexity index is 492. The normalized spacial score (nSPS) is 16.4. The molecule has 0 aliphatic heterocycles. The lowest BCUT2D eigenvalue weighted by Gasteiger charge is -2.22. The van der Waals surface area contributed by atoms with Gasteiger partial charge in [-0.1, -0.05) is 13.0 Å². The van der Waals surface area contributed by atoms with Gasteiger partial charge in [0.2, 0.25) is 0 Å². The Morgan fingerprint density at radius 3 is 2.90 bits per heavy atom. The smallest absolute Gasteiger partial charge is 0.104 e. The van der Waals surface area contributed by atoms with Crippen LogP contribution in [0.1, 0.15) is 44.2 Å². The third-order valence-corrected chi connectivity index (χ3v) is 4.95. The third-order valence-electron chi connectivity index (χ3n) is 3.95. The van der Waals surface area contributed by atoms with Gasteiger partial charge in [0.25, 0.3) is 0 Å². The zero-order valence-corrected chi connectivity index (χ0v) is 13.4. The highest BCUT2D eigenvalue weighted by Gasteiger charge is 2.22. The summed E-state index contributed by atoms with van der Waals surface area (Å²) < 4.78 is 0. The Labute approximate surface area is 127 Å². The van der Waals surface area contributed by atoms with E-state index in [-0.39, 0.29) is 5.54 Å². The Morgan fingerprint density at radius 2 is 2.15 bits per heavy atom. The summed E-state index contributed by atoms with van der Waals surface area (Å²) in [6.07, 6.45) is 5.73. The average Bonchev–Trinajstić information content (AvgIpc) is 2.93. The van der Waals surface area contributed by atoms with Crippen LogP contribution in [-0.2, 0) is 12.8 Å². The Kier molecular flexibility index (Phi) is 5.51. The quantitative estimate of drug-likeness (QED) is 0.772. The second kappa shape index (κ2) is 7.15. The fourth-order valence-electron chi connectivity index (χ4n) is 2.60. The van der Waals surface area contributed by atoms with Crippen LogP contribution in [0, 0.1) is 11.3 Å². The largest absolute Gasteiger partial charge is 0.300 e. The van der Waals surface area contributed by atoms with Gasteiger partial charge in [-0.15, -0.1) is 11.8 Å². The van der Waals surface area contributed by atoms with Gasteiger partial charge in [0.1, 0.15) is 5.54 Å². The summed E-state index contributed by atoms with van der Waals surface area (Å²) in [6, 6.07) is 9.28. The van der Waals surface area contributed by atoms with Crippen molar-refractivity contribution < 1.29 is 0 Å². The first-order valence-corrected chi connectivity index (χ1v) is 8.56. The Balaban J connectivity index is 1.84. The van der Waals surface area contributed by atoms with Crippen LogP contribution in [0.2, 0.25) is 0 Å². The molecule has 1 N–H and O–H groups in total. The van der Waals surface area contributed by atoms with E-state index in [4.69, 9.17) is 0 Å². The molecule has 2 nitrogen and oxygen atoms in total. The minimum Gasteiger partial charge on any atom is -0.300 e. The van der Waals surface area contributed by atoms with Gasteiger partial charge in [-0.3, -0.25) is 5.32 Å². The molecule has 0 bridgehead atoms. The number of nitriles is 1. The highest BCUT2D eigenvalue weighted by atomic mass is 32.2. The van der Waals surface area contributed by atoms with E-state index < -0.39 is 0 Å². The van der Waals surface area contributed by atoms with Crippen molar-refractivity contribution in [1.82, 2.24) is 5.32 Å². The summed E-state index contributed by atoms with van der Waals surface area (Å²) in [6.45, 7) is 5.05. The van der Waals surface area contributed by atoms with Gasteiger partial charge in [-0.05, 0) is 68.8 Å². The molecule has 0 amide bonds. The molecule has 1 atom stereocenters. The van der Waals surface area contributed by atoms with Crippen LogP contribution in [0.4, 0.5) is 0 Å². The topological polar surface area (TPSA) is 35.8 Å². The molecule has 0 radical (unpaired) electrons. The summed E-state index contributed by atoms with van der Waals surface area (Å²) in [5, 5.41) is 12.7. The minimum atomic E-state index is -0.389. The number of nitrogens with one attached hydrogen (secondary N) is 1. The first-order valence-electron chi connectivity index (χ1n) is 7.58. The molecule has 0 saturated carbocycles. The van der Waals surface area contributed by atoms with Crippen molar-refractivity contribution in [2.24, 2.45) is 0 Å². The van der Waals surface area contributed by atoms with E-state index in [1.54, 1.807) is 0 Å². The molecule has 2 rings (SSSR count). The maximum absolute atomic E-state index is 9.31. The first-order chi connectivity index (χ1) is 9.67. The number of nitrogens with zero attached hydrogens (tertiary/aromatic N) is 1. The molecular weight excluding hydrogens is 264 g/mol. The maximum atomic E-state index is 9.31. The summed E-state index contributed by atoms with van der Waals surface area (Å²) >= 11 is 1.87. The van der Waals surface area contributed by atoms with Crippen LogP contribution in [0.25, 0.3) is 0 Å². The maximum Gasteiger partial charge on any atom is 0.104 e. The van der Waals surface area contributed by atoms with Gasteiger partial charge in [-0.25, -0.2) is 0 Å². The fourth-order valence-corrected chi connectivity index (χ4v) is 3.73. The lowest BCUT2D eigenvalue weighted by Crippen LogP contribution is -2.41. The molecule has 0 aromatic heterocycles. The van der Waals surface area contributed by atoms with E-state index in [9.17, 15) is 5.26 Å². The van der Waals surface area contributed by atoms with E-state index in [1.807, 2.05) is 18.7 Å². The van der Waals surface area contributed by atoms with Crippen LogP contribution < -0.4 is 5.32 Å². The lowest BCUT2D eigenvalue weighted by atomic mass is 10.0. The summed E-state index contributed by atoms with van der Waals surface area (Å²) in [5.41, 5.74) is 2.67. The highest BCUT2D eigenvalue weighted by Crippen LogP contribution is 2.28. The van der Waals surface area contributed by atoms with Crippen LogP contribution in [-0.4, -0.2) is 17.8 Å². The van der Waals surface area contributed by atoms with E-state index in [1.165, 1.54) is 35.3 Å². The molecule has 1 aliphatic rings. The molecule has 0 spiro atoms. The number of aryl methyl sites for hydroxylation is 2. The fraction of sp³-hybridized carbons (Fsp3) is 0.588. The first kappa shape index (κ1) is 15.4. The van der Waals surface area contributed by atoms with E-state index in [0.29, 0.717) is 0 Å². The predicted molar refractivity (Wildman–Crippen MR) is 86.1 cm³/mol. The van der Waals surface area contributed by atoms with Crippen LogP contribution in [0.3, 0.4) is 0 Å². The van der Waals surface area contributed by atoms with Gasteiger partial charge in [0.15, 0.2) is 0 Å². The summed E-state index contributed by atoms with van der Waals surface area (Å²) in [4.78, 5) is 1.35. The van der Waals surface area contributed by atoms with Gasteiger partial charge in [0, 0.05) is 10.6 Å². The number of thioether (sulfide) groups is 1. The zero-order chi connectivity index (χ0) is 14.4. The van der Waals surface area contributed by atoms with Crippen LogP contribution >= 0.6 is 11.8 Å². The van der Waals surface area contributed by atoms with Gasteiger partial charge < -0.3 is 0 Å². The van der Waals surface area contributed by atoms with Gasteiger partial charge >= 0.3 is 0 Å². The van der Waals surface area contributed by atoms with Crippen molar-refractivity contribution in [3.63, 3.8) is 0 Å². The molecule has 1 aliphatic carbocycles. The van der Waals surface area contributed by atoms with Crippen molar-refractivity contribution in [3.05, 3.63) is 29.3 Å². The highest BCUT2D eigenvalue weighted by molar-refractivity contribution is 7.99. The molecule has 108 valence electrons. The number of benzene rings is 1. The van der Waals surface area contributed by atoms with Crippen molar-refractivity contribution in [2.45, 2.75) is 56.4 Å². The second-order valence-corrected chi connectivity index (χ2v) is 6.92. The molecule has 0 saturated heterocycles. The zero-order valence-electron chi connectivity index (χ0n) is 12.5. The summed E-state index contributed by atoms with van der Waals surface area (Å²) in [5.74, 6) is 0.986. The van der Waals surface area contributed by atoms with E-state index in [2.05, 4.69) is 36.5 Å². The van der Waals surface area contributed by atoms with Crippen molar-refractivity contribution in [1.29, 1.82) is 5.26 Å². The molecule has 3 heteroatoms. The number of rotatable bonds is 7. The number of hydrogen-bond acceptors (Lipinski definition) is 3. The van der Waals surface area contributed by atoms with Crippen molar-refractivity contribution in [3.8, 4) is 6.07 Å². The molecule has 20 heavy (non-hydrogen) atoms. The molecular formula is C17H24N2S. The SMILES string of the molecule is CCCNC(C)(C#N)CCSc1ccc2c(c1)CCC2. The molecule has 0 fully saturated rings. The predicted octanol–water partition coefficient (Wildman–Crippen LogP) is 3.94. The minimum absolute atomic E-state index is 0.389. The van der Waals surface area contributed by atoms with Crippen LogP contribution in [0.15, 0.2) is 23.1 Å². The van der Waals surface area contributed by atoms with Crippen molar-refractivity contribution >= 4 is 11.8 Å². The Morgan fingerprint density at radius 1 is 1.35 bits per heavy atom.